The van der Waals surface area contributed by atoms with Gasteiger partial charge in [0.15, 0.2) is 6.10 Å². The zero-order chi connectivity index (χ0) is 8.97. The first-order chi connectivity index (χ1) is 5.74. The topological polar surface area (TPSA) is 44.8 Å². The predicted molar refractivity (Wildman–Crippen MR) is 41.8 cm³/mol. The van der Waals surface area contributed by atoms with Gasteiger partial charge in [-0.05, 0) is 6.92 Å². The minimum atomic E-state index is -0.616. The third kappa shape index (κ3) is 2.23. The molecular weight excluding hydrogens is 160 g/mol. The molecule has 1 fully saturated rings. The Balaban J connectivity index is 2.23. The van der Waals surface area contributed by atoms with Gasteiger partial charge in [0.2, 0.25) is 0 Å². The summed E-state index contributed by atoms with van der Waals surface area (Å²) in [6.45, 7) is 6.08. The second-order valence-corrected chi connectivity index (χ2v) is 2.56. The fourth-order valence-corrected chi connectivity index (χ4v) is 0.912. The van der Waals surface area contributed by atoms with Gasteiger partial charge in [0.1, 0.15) is 6.10 Å². The van der Waals surface area contributed by atoms with E-state index in [4.69, 9.17) is 14.2 Å². The second kappa shape index (κ2) is 4.11. The molecule has 0 aromatic rings. The van der Waals surface area contributed by atoms with Crippen LogP contribution in [0.3, 0.4) is 0 Å². The van der Waals surface area contributed by atoms with Gasteiger partial charge in [-0.25, -0.2) is 4.79 Å². The summed E-state index contributed by atoms with van der Waals surface area (Å²) in [4.78, 5) is 10.6. The van der Waals surface area contributed by atoms with Gasteiger partial charge in [-0.1, -0.05) is 6.08 Å². The quantitative estimate of drug-likeness (QED) is 0.362. The maximum Gasteiger partial charge on any atom is 0.509 e. The molecule has 1 aliphatic heterocycles. The molecule has 0 aromatic heterocycles. The molecule has 1 rings (SSSR count). The molecular formula is C8H12O4. The molecule has 1 heterocycles. The highest BCUT2D eigenvalue weighted by molar-refractivity contribution is 5.62. The minimum Gasteiger partial charge on any atom is -0.427 e. The third-order valence-corrected chi connectivity index (χ3v) is 1.57. The molecule has 4 heteroatoms. The minimum absolute atomic E-state index is 0.220. The van der Waals surface area contributed by atoms with Gasteiger partial charge in [-0.2, -0.15) is 0 Å². The van der Waals surface area contributed by atoms with Crippen LogP contribution in [0.25, 0.3) is 0 Å². The smallest absolute Gasteiger partial charge is 0.427 e. The van der Waals surface area contributed by atoms with Crippen LogP contribution in [0.5, 0.6) is 0 Å². The monoisotopic (exact) mass is 172 g/mol. The van der Waals surface area contributed by atoms with Crippen molar-refractivity contribution in [3.63, 3.8) is 0 Å². The van der Waals surface area contributed by atoms with E-state index in [0.717, 1.165) is 0 Å². The summed E-state index contributed by atoms with van der Waals surface area (Å²) in [5, 5.41) is 0. The van der Waals surface area contributed by atoms with Crippen LogP contribution in [-0.2, 0) is 14.2 Å². The molecule has 2 unspecified atom stereocenters. The van der Waals surface area contributed by atoms with Crippen molar-refractivity contribution in [2.45, 2.75) is 19.1 Å². The molecule has 0 aromatic carbocycles. The van der Waals surface area contributed by atoms with Crippen LogP contribution in [0.2, 0.25) is 0 Å². The van der Waals surface area contributed by atoms with E-state index in [1.807, 2.05) is 0 Å². The summed E-state index contributed by atoms with van der Waals surface area (Å²) < 4.78 is 14.6. The maximum absolute atomic E-state index is 10.6. The molecule has 0 bridgehead atoms. The third-order valence-electron chi connectivity index (χ3n) is 1.57. The van der Waals surface area contributed by atoms with Gasteiger partial charge in [0, 0.05) is 0 Å². The van der Waals surface area contributed by atoms with Crippen molar-refractivity contribution in [3.8, 4) is 0 Å². The highest BCUT2D eigenvalue weighted by Crippen LogP contribution is 2.14. The van der Waals surface area contributed by atoms with Crippen LogP contribution in [0.1, 0.15) is 6.92 Å². The lowest BCUT2D eigenvalue weighted by molar-refractivity contribution is 0.0459. The van der Waals surface area contributed by atoms with Crippen molar-refractivity contribution in [2.24, 2.45) is 0 Å². The number of hydrogen-bond acceptors (Lipinski definition) is 4. The molecule has 0 aliphatic carbocycles. The fraction of sp³-hybridized carbons (Fsp3) is 0.625. The first-order valence-corrected chi connectivity index (χ1v) is 3.80. The zero-order valence-electron chi connectivity index (χ0n) is 6.99. The van der Waals surface area contributed by atoms with Gasteiger partial charge in [0.25, 0.3) is 0 Å². The SMILES string of the molecule is C=CCOCC1OC(=O)OC1C. The van der Waals surface area contributed by atoms with Crippen LogP contribution in [0, 0.1) is 0 Å². The Morgan fingerprint density at radius 2 is 2.42 bits per heavy atom. The van der Waals surface area contributed by atoms with E-state index in [0.29, 0.717) is 13.2 Å². The van der Waals surface area contributed by atoms with Crippen LogP contribution in [-0.4, -0.2) is 31.6 Å². The van der Waals surface area contributed by atoms with E-state index in [1.165, 1.54) is 0 Å². The second-order valence-electron chi connectivity index (χ2n) is 2.56. The van der Waals surface area contributed by atoms with E-state index in [9.17, 15) is 4.79 Å². The molecule has 1 saturated heterocycles. The molecule has 12 heavy (non-hydrogen) atoms. The highest BCUT2D eigenvalue weighted by Gasteiger charge is 2.32. The van der Waals surface area contributed by atoms with Gasteiger partial charge < -0.3 is 14.2 Å². The van der Waals surface area contributed by atoms with E-state index in [2.05, 4.69) is 6.58 Å². The average Bonchev–Trinajstić information content (AvgIpc) is 2.31. The van der Waals surface area contributed by atoms with E-state index in [1.54, 1.807) is 13.0 Å². The lowest BCUT2D eigenvalue weighted by Crippen LogP contribution is -2.24. The van der Waals surface area contributed by atoms with Crippen molar-refractivity contribution in [1.29, 1.82) is 0 Å². The molecule has 0 saturated carbocycles. The Bertz CT molecular complexity index is 178. The standard InChI is InChI=1S/C8H12O4/c1-3-4-10-5-7-6(2)11-8(9)12-7/h3,6-7H,1,4-5H2,2H3. The number of cyclic esters (lactones) is 2. The fourth-order valence-electron chi connectivity index (χ4n) is 0.912. The number of ether oxygens (including phenoxy) is 3. The summed E-state index contributed by atoms with van der Waals surface area (Å²) in [7, 11) is 0. The molecule has 4 nitrogen and oxygen atoms in total. The van der Waals surface area contributed by atoms with Crippen LogP contribution >= 0.6 is 0 Å². The Morgan fingerprint density at radius 1 is 1.67 bits per heavy atom. The van der Waals surface area contributed by atoms with E-state index < -0.39 is 6.16 Å². The molecule has 2 atom stereocenters. The van der Waals surface area contributed by atoms with Crippen molar-refractivity contribution in [3.05, 3.63) is 12.7 Å². The number of carbonyl (C=O) groups excluding carboxylic acids is 1. The lowest BCUT2D eigenvalue weighted by Gasteiger charge is -2.09. The van der Waals surface area contributed by atoms with Gasteiger partial charge in [-0.15, -0.1) is 6.58 Å². The predicted octanol–water partition coefficient (Wildman–Crippen LogP) is 1.11. The summed E-state index contributed by atoms with van der Waals surface area (Å²) in [6, 6.07) is 0. The normalized spacial score (nSPS) is 27.9. The van der Waals surface area contributed by atoms with Crippen molar-refractivity contribution >= 4 is 6.16 Å². The molecule has 0 amide bonds. The number of rotatable bonds is 4. The van der Waals surface area contributed by atoms with E-state index >= 15 is 0 Å². The average molecular weight is 172 g/mol. The largest absolute Gasteiger partial charge is 0.509 e. The first kappa shape index (κ1) is 9.06. The van der Waals surface area contributed by atoms with Crippen molar-refractivity contribution in [2.75, 3.05) is 13.2 Å². The molecule has 0 spiro atoms. The van der Waals surface area contributed by atoms with Crippen LogP contribution < -0.4 is 0 Å². The lowest BCUT2D eigenvalue weighted by atomic mass is 10.2. The van der Waals surface area contributed by atoms with Crippen LogP contribution in [0.4, 0.5) is 4.79 Å². The Labute approximate surface area is 71.1 Å². The van der Waals surface area contributed by atoms with Crippen molar-refractivity contribution in [1.82, 2.24) is 0 Å². The van der Waals surface area contributed by atoms with Gasteiger partial charge >= 0.3 is 6.16 Å². The first-order valence-electron chi connectivity index (χ1n) is 3.80. The zero-order valence-corrected chi connectivity index (χ0v) is 6.99. The molecule has 0 N–H and O–H groups in total. The van der Waals surface area contributed by atoms with E-state index in [-0.39, 0.29) is 12.2 Å². The molecule has 1 aliphatic rings. The molecule has 0 radical (unpaired) electrons. The van der Waals surface area contributed by atoms with Gasteiger partial charge in [0.05, 0.1) is 13.2 Å². The maximum atomic E-state index is 10.6. The Hall–Kier alpha value is -1.03. The van der Waals surface area contributed by atoms with Crippen LogP contribution in [0.15, 0.2) is 12.7 Å². The Kier molecular flexibility index (Phi) is 3.10. The van der Waals surface area contributed by atoms with Gasteiger partial charge in [-0.3, -0.25) is 0 Å². The summed E-state index contributed by atoms with van der Waals surface area (Å²) in [6.07, 6.45) is 0.525. The number of hydrogen-bond donors (Lipinski definition) is 0. The Morgan fingerprint density at radius 3 is 2.92 bits per heavy atom. The summed E-state index contributed by atoms with van der Waals surface area (Å²) in [5.41, 5.74) is 0. The number of carbonyl (C=O) groups is 1. The summed E-state index contributed by atoms with van der Waals surface area (Å²) in [5.74, 6) is 0. The summed E-state index contributed by atoms with van der Waals surface area (Å²) >= 11 is 0. The van der Waals surface area contributed by atoms with Crippen molar-refractivity contribution < 1.29 is 19.0 Å². The molecule has 68 valence electrons. The highest BCUT2D eigenvalue weighted by atomic mass is 16.8.